The van der Waals surface area contributed by atoms with E-state index in [1.165, 1.54) is 39.1 Å². The lowest BCUT2D eigenvalue weighted by atomic mass is 9.82. The van der Waals surface area contributed by atoms with E-state index in [4.69, 9.17) is 4.74 Å². The average Bonchev–Trinajstić information content (AvgIpc) is 3.18. The lowest BCUT2D eigenvalue weighted by Crippen LogP contribution is -2.13. The normalized spacial score (nSPS) is 19.0. The summed E-state index contributed by atoms with van der Waals surface area (Å²) in [6.45, 7) is 13.1. The minimum Gasteiger partial charge on any atom is -0.384 e. The van der Waals surface area contributed by atoms with Crippen LogP contribution in [0.25, 0.3) is 0 Å². The van der Waals surface area contributed by atoms with Crippen LogP contribution < -0.4 is 5.32 Å². The Labute approximate surface area is 151 Å². The predicted molar refractivity (Wildman–Crippen MR) is 104 cm³/mol. The van der Waals surface area contributed by atoms with Gasteiger partial charge in [-0.3, -0.25) is 0 Å². The minimum atomic E-state index is 0.0761. The van der Waals surface area contributed by atoms with Crippen LogP contribution in [0.15, 0.2) is 30.3 Å². The number of rotatable bonds is 2. The van der Waals surface area contributed by atoms with E-state index in [1.807, 2.05) is 0 Å². The van der Waals surface area contributed by atoms with Crippen molar-refractivity contribution in [2.45, 2.75) is 65.1 Å². The molecule has 4 rings (SSSR count). The second kappa shape index (κ2) is 5.88. The Kier molecular flexibility index (Phi) is 3.92. The summed E-state index contributed by atoms with van der Waals surface area (Å²) < 4.78 is 6.31. The number of anilines is 1. The summed E-state index contributed by atoms with van der Waals surface area (Å²) in [5, 5.41) is 3.57. The van der Waals surface area contributed by atoms with Crippen LogP contribution >= 0.6 is 0 Å². The fourth-order valence-electron chi connectivity index (χ4n) is 4.01. The van der Waals surface area contributed by atoms with Gasteiger partial charge < -0.3 is 10.1 Å². The van der Waals surface area contributed by atoms with E-state index in [9.17, 15) is 0 Å². The van der Waals surface area contributed by atoms with Gasteiger partial charge in [0.25, 0.3) is 0 Å². The fourth-order valence-corrected chi connectivity index (χ4v) is 4.01. The van der Waals surface area contributed by atoms with Gasteiger partial charge in [-0.25, -0.2) is 0 Å². The lowest BCUT2D eigenvalue weighted by Gasteiger charge is -2.24. The summed E-state index contributed by atoms with van der Waals surface area (Å²) in [7, 11) is 0. The number of ether oxygens (including phenoxy) is 1. The van der Waals surface area contributed by atoms with Crippen LogP contribution in [0, 0.1) is 0 Å². The molecule has 2 aliphatic heterocycles. The minimum absolute atomic E-state index is 0.0761. The molecule has 2 heterocycles. The summed E-state index contributed by atoms with van der Waals surface area (Å²) in [4.78, 5) is 0. The number of nitrogens with one attached hydrogen (secondary N) is 1. The van der Waals surface area contributed by atoms with E-state index in [-0.39, 0.29) is 11.5 Å². The Bertz CT molecular complexity index is 814. The number of hydrogen-bond acceptors (Lipinski definition) is 2. The van der Waals surface area contributed by atoms with E-state index < -0.39 is 0 Å². The first kappa shape index (κ1) is 16.7. The average molecular weight is 335 g/mol. The van der Waals surface area contributed by atoms with Crippen LogP contribution in [0.1, 0.15) is 80.0 Å². The highest BCUT2D eigenvalue weighted by Crippen LogP contribution is 2.43. The molecule has 2 nitrogen and oxygen atoms in total. The third kappa shape index (κ3) is 2.87. The van der Waals surface area contributed by atoms with Crippen LogP contribution in [-0.4, -0.2) is 6.54 Å². The third-order valence-electron chi connectivity index (χ3n) is 5.65. The fraction of sp³-hybridized carbons (Fsp3) is 0.478. The zero-order valence-corrected chi connectivity index (χ0v) is 16.1. The van der Waals surface area contributed by atoms with Gasteiger partial charge in [-0.05, 0) is 57.2 Å². The second-order valence-corrected chi connectivity index (χ2v) is 8.82. The first-order chi connectivity index (χ1) is 11.8. The van der Waals surface area contributed by atoms with Crippen molar-refractivity contribution >= 4 is 5.69 Å². The molecule has 2 aromatic carbocycles. The van der Waals surface area contributed by atoms with Gasteiger partial charge in [-0.1, -0.05) is 58.9 Å². The summed E-state index contributed by atoms with van der Waals surface area (Å²) in [5.74, 6) is 0.557. The molecule has 0 saturated heterocycles. The topological polar surface area (TPSA) is 21.3 Å². The first-order valence-corrected chi connectivity index (χ1v) is 9.50. The molecule has 1 N–H and O–H groups in total. The van der Waals surface area contributed by atoms with Crippen molar-refractivity contribution in [1.29, 1.82) is 0 Å². The maximum atomic E-state index is 6.31. The van der Waals surface area contributed by atoms with Gasteiger partial charge in [0.05, 0.1) is 6.61 Å². The summed E-state index contributed by atoms with van der Waals surface area (Å²) >= 11 is 0. The molecule has 0 amide bonds. The van der Waals surface area contributed by atoms with Gasteiger partial charge in [-0.15, -0.1) is 0 Å². The van der Waals surface area contributed by atoms with Gasteiger partial charge in [0, 0.05) is 12.2 Å². The van der Waals surface area contributed by atoms with Crippen molar-refractivity contribution in [2.24, 2.45) is 0 Å². The molecule has 0 spiro atoms. The molecule has 0 aliphatic carbocycles. The highest BCUT2D eigenvalue weighted by Gasteiger charge is 2.31. The van der Waals surface area contributed by atoms with Gasteiger partial charge in [-0.2, -0.15) is 0 Å². The molecule has 25 heavy (non-hydrogen) atoms. The SMILES string of the molecule is CC(C)c1ccc2c(c1)COC2c1cc(C(C)(C)C)cc2c1CCN2. The van der Waals surface area contributed by atoms with E-state index in [2.05, 4.69) is 70.3 Å². The largest absolute Gasteiger partial charge is 0.384 e. The standard InChI is InChI=1S/C23H29NO/c1-14(2)15-6-7-18-16(10-15)13-25-22(18)20-11-17(23(3,4)5)12-21-19(20)8-9-24-21/h6-7,10-12,14,22,24H,8-9,13H2,1-5H3. The van der Waals surface area contributed by atoms with Gasteiger partial charge in [0.15, 0.2) is 0 Å². The number of fused-ring (bicyclic) bond motifs is 2. The molecule has 2 aliphatic rings. The third-order valence-corrected chi connectivity index (χ3v) is 5.65. The smallest absolute Gasteiger partial charge is 0.109 e. The summed E-state index contributed by atoms with van der Waals surface area (Å²) in [5.41, 5.74) is 9.74. The van der Waals surface area contributed by atoms with E-state index in [1.54, 1.807) is 0 Å². The maximum Gasteiger partial charge on any atom is 0.109 e. The van der Waals surface area contributed by atoms with E-state index in [0.717, 1.165) is 19.6 Å². The monoisotopic (exact) mass is 335 g/mol. The zero-order valence-electron chi connectivity index (χ0n) is 16.1. The highest BCUT2D eigenvalue weighted by atomic mass is 16.5. The van der Waals surface area contributed by atoms with Gasteiger partial charge in [0.2, 0.25) is 0 Å². The van der Waals surface area contributed by atoms with Gasteiger partial charge in [0.1, 0.15) is 6.10 Å². The van der Waals surface area contributed by atoms with Crippen LogP contribution in [-0.2, 0) is 23.2 Å². The van der Waals surface area contributed by atoms with Crippen LogP contribution in [0.4, 0.5) is 5.69 Å². The Hall–Kier alpha value is -1.80. The Morgan fingerprint density at radius 3 is 2.60 bits per heavy atom. The van der Waals surface area contributed by atoms with Crippen LogP contribution in [0.2, 0.25) is 0 Å². The van der Waals surface area contributed by atoms with Crippen LogP contribution in [0.5, 0.6) is 0 Å². The molecule has 0 bridgehead atoms. The lowest BCUT2D eigenvalue weighted by molar-refractivity contribution is 0.0933. The number of hydrogen-bond donors (Lipinski definition) is 1. The summed E-state index contributed by atoms with van der Waals surface area (Å²) in [6.07, 6.45) is 1.17. The van der Waals surface area contributed by atoms with Crippen molar-refractivity contribution in [1.82, 2.24) is 0 Å². The molecule has 1 atom stereocenters. The maximum absolute atomic E-state index is 6.31. The molecule has 0 saturated carbocycles. The van der Waals surface area contributed by atoms with Crippen molar-refractivity contribution in [3.63, 3.8) is 0 Å². The molecule has 0 radical (unpaired) electrons. The number of benzene rings is 2. The Balaban J connectivity index is 1.81. The Morgan fingerprint density at radius 2 is 1.88 bits per heavy atom. The van der Waals surface area contributed by atoms with Gasteiger partial charge >= 0.3 is 0 Å². The van der Waals surface area contributed by atoms with Crippen molar-refractivity contribution in [3.8, 4) is 0 Å². The quantitative estimate of drug-likeness (QED) is 0.760. The molecule has 2 heteroatoms. The molecule has 2 aromatic rings. The van der Waals surface area contributed by atoms with Crippen molar-refractivity contribution in [2.75, 3.05) is 11.9 Å². The van der Waals surface area contributed by atoms with Crippen molar-refractivity contribution < 1.29 is 4.74 Å². The van der Waals surface area contributed by atoms with Crippen molar-refractivity contribution in [3.05, 3.63) is 63.7 Å². The highest BCUT2D eigenvalue weighted by molar-refractivity contribution is 5.63. The Morgan fingerprint density at radius 1 is 1.08 bits per heavy atom. The van der Waals surface area contributed by atoms with E-state index in [0.29, 0.717) is 5.92 Å². The summed E-state index contributed by atoms with van der Waals surface area (Å²) in [6, 6.07) is 11.6. The molecular weight excluding hydrogens is 306 g/mol. The van der Waals surface area contributed by atoms with Crippen LogP contribution in [0.3, 0.4) is 0 Å². The molecule has 0 fully saturated rings. The first-order valence-electron chi connectivity index (χ1n) is 9.50. The molecular formula is C23H29NO. The predicted octanol–water partition coefficient (Wildman–Crippen LogP) is 5.70. The van der Waals surface area contributed by atoms with E-state index >= 15 is 0 Å². The second-order valence-electron chi connectivity index (χ2n) is 8.82. The molecule has 132 valence electrons. The molecule has 0 aromatic heterocycles. The molecule has 1 unspecified atom stereocenters. The zero-order chi connectivity index (χ0) is 17.8.